The third kappa shape index (κ3) is 3.76. The number of hydrogen-bond acceptors (Lipinski definition) is 3. The van der Waals surface area contributed by atoms with Gasteiger partial charge >= 0.3 is 5.97 Å². The summed E-state index contributed by atoms with van der Waals surface area (Å²) in [7, 11) is 0. The molecule has 0 unspecified atom stereocenters. The fraction of sp³-hybridized carbons (Fsp3) is 0.444. The van der Waals surface area contributed by atoms with Gasteiger partial charge in [-0.3, -0.25) is 4.79 Å². The van der Waals surface area contributed by atoms with Crippen LogP contribution in [-0.4, -0.2) is 46.6 Å². The first-order valence-electron chi connectivity index (χ1n) is 8.31. The number of para-hydroxylation sites is 1. The van der Waals surface area contributed by atoms with Gasteiger partial charge in [0, 0.05) is 36.2 Å². The van der Waals surface area contributed by atoms with Crippen molar-refractivity contribution in [2.24, 2.45) is 0 Å². The minimum absolute atomic E-state index is 0.151. The Hall–Kier alpha value is -2.34. The summed E-state index contributed by atoms with van der Waals surface area (Å²) in [6, 6.07) is 8.25. The average molecular weight is 330 g/mol. The molecule has 0 spiro atoms. The number of nitrogens with zero attached hydrogens (tertiary/aromatic N) is 1. The number of carboxylic acids is 1. The Kier molecular flexibility index (Phi) is 5.15. The fourth-order valence-electron chi connectivity index (χ4n) is 3.20. The van der Waals surface area contributed by atoms with Gasteiger partial charge in [0.05, 0.1) is 6.54 Å². The highest BCUT2D eigenvalue weighted by Crippen LogP contribution is 2.27. The molecule has 0 aliphatic carbocycles. The minimum Gasteiger partial charge on any atom is -0.480 e. The van der Waals surface area contributed by atoms with Crippen molar-refractivity contribution in [2.45, 2.75) is 32.2 Å². The van der Waals surface area contributed by atoms with Crippen LogP contribution in [0.25, 0.3) is 10.9 Å². The van der Waals surface area contributed by atoms with Crippen molar-refractivity contribution in [3.05, 3.63) is 35.5 Å². The highest BCUT2D eigenvalue weighted by Gasteiger charge is 2.23. The van der Waals surface area contributed by atoms with Crippen LogP contribution >= 0.6 is 0 Å². The molecule has 2 aromatic rings. The van der Waals surface area contributed by atoms with Crippen molar-refractivity contribution in [2.75, 3.05) is 19.8 Å². The average Bonchev–Trinajstić information content (AvgIpc) is 2.95. The lowest BCUT2D eigenvalue weighted by Gasteiger charge is -2.27. The van der Waals surface area contributed by atoms with Crippen molar-refractivity contribution in [3.63, 3.8) is 0 Å². The van der Waals surface area contributed by atoms with Crippen molar-refractivity contribution in [3.8, 4) is 0 Å². The molecule has 0 bridgehead atoms. The van der Waals surface area contributed by atoms with Crippen LogP contribution in [0, 0.1) is 0 Å². The summed E-state index contributed by atoms with van der Waals surface area (Å²) >= 11 is 0. The fourth-order valence-corrected chi connectivity index (χ4v) is 3.20. The van der Waals surface area contributed by atoms with Gasteiger partial charge in [-0.25, -0.2) is 4.79 Å². The molecule has 1 aromatic heterocycles. The molecule has 6 nitrogen and oxygen atoms in total. The maximum atomic E-state index is 12.3. The molecule has 1 amide bonds. The summed E-state index contributed by atoms with van der Waals surface area (Å²) < 4.78 is 4.97. The molecular weight excluding hydrogens is 308 g/mol. The number of benzene rings is 1. The molecule has 1 aliphatic heterocycles. The Bertz CT molecular complexity index is 738. The maximum Gasteiger partial charge on any atom is 0.329 e. The zero-order chi connectivity index (χ0) is 16.9. The summed E-state index contributed by atoms with van der Waals surface area (Å²) in [6.07, 6.45) is 2.78. The van der Waals surface area contributed by atoms with E-state index in [9.17, 15) is 9.59 Å². The Morgan fingerprint density at radius 1 is 1.25 bits per heavy atom. The van der Waals surface area contributed by atoms with Crippen molar-refractivity contribution in [1.82, 2.24) is 9.88 Å². The molecule has 3 rings (SSSR count). The summed E-state index contributed by atoms with van der Waals surface area (Å²) in [5.41, 5.74) is 3.60. The lowest BCUT2D eigenvalue weighted by atomic mass is 10.0. The van der Waals surface area contributed by atoms with E-state index in [2.05, 4.69) is 17.1 Å². The van der Waals surface area contributed by atoms with E-state index in [-0.39, 0.29) is 12.5 Å². The number of aromatic amines is 1. The number of amides is 1. The molecule has 1 aliphatic rings. The third-order valence-corrected chi connectivity index (χ3v) is 4.39. The quantitative estimate of drug-likeness (QED) is 0.763. The number of carbonyl (C=O) groups is 2. The van der Waals surface area contributed by atoms with Crippen molar-refractivity contribution in [1.29, 1.82) is 0 Å². The van der Waals surface area contributed by atoms with E-state index in [1.54, 1.807) is 0 Å². The van der Waals surface area contributed by atoms with E-state index in [1.807, 2.05) is 17.0 Å². The standard InChI is InChI=1S/C18H22N2O4/c21-17(7-3-4-10-24-12-18(22)23)20-9-8-14-13-5-1-2-6-15(13)19-16(14)11-20/h1-2,5-6,19H,3-4,7-12H2,(H,22,23). The second-order valence-electron chi connectivity index (χ2n) is 6.10. The molecule has 1 aromatic carbocycles. The van der Waals surface area contributed by atoms with Gasteiger partial charge < -0.3 is 19.7 Å². The summed E-state index contributed by atoms with van der Waals surface area (Å²) in [4.78, 5) is 28.0. The van der Waals surface area contributed by atoms with Gasteiger partial charge in [-0.05, 0) is 30.9 Å². The van der Waals surface area contributed by atoms with Gasteiger partial charge in [-0.15, -0.1) is 0 Å². The molecule has 0 atom stereocenters. The normalized spacial score (nSPS) is 13.9. The number of unbranched alkanes of at least 4 members (excludes halogenated alkanes) is 1. The van der Waals surface area contributed by atoms with E-state index >= 15 is 0 Å². The van der Waals surface area contributed by atoms with Crippen LogP contribution in [0.5, 0.6) is 0 Å². The molecular formula is C18H22N2O4. The first kappa shape index (κ1) is 16.5. The predicted molar refractivity (Wildman–Crippen MR) is 89.7 cm³/mol. The Morgan fingerprint density at radius 2 is 2.08 bits per heavy atom. The number of fused-ring (bicyclic) bond motifs is 3. The topological polar surface area (TPSA) is 82.6 Å². The van der Waals surface area contributed by atoms with Gasteiger partial charge in [-0.1, -0.05) is 18.2 Å². The van der Waals surface area contributed by atoms with Crippen molar-refractivity contribution < 1.29 is 19.4 Å². The molecule has 2 heterocycles. The van der Waals surface area contributed by atoms with E-state index in [1.165, 1.54) is 10.9 Å². The molecule has 24 heavy (non-hydrogen) atoms. The van der Waals surface area contributed by atoms with Gasteiger partial charge in [0.2, 0.25) is 5.91 Å². The van der Waals surface area contributed by atoms with Crippen molar-refractivity contribution >= 4 is 22.8 Å². The zero-order valence-corrected chi connectivity index (χ0v) is 13.6. The first-order chi connectivity index (χ1) is 11.6. The summed E-state index contributed by atoms with van der Waals surface area (Å²) in [5, 5.41) is 9.73. The van der Waals surface area contributed by atoms with Crippen LogP contribution in [0.15, 0.2) is 24.3 Å². The Balaban J connectivity index is 1.48. The van der Waals surface area contributed by atoms with E-state index in [4.69, 9.17) is 9.84 Å². The number of hydrogen-bond donors (Lipinski definition) is 2. The van der Waals surface area contributed by atoms with Crippen LogP contribution < -0.4 is 0 Å². The second kappa shape index (κ2) is 7.49. The van der Waals surface area contributed by atoms with Crippen LogP contribution in [-0.2, 0) is 27.3 Å². The summed E-state index contributed by atoms with van der Waals surface area (Å²) in [5.74, 6) is -0.814. The van der Waals surface area contributed by atoms with Gasteiger partial charge in [0.1, 0.15) is 6.61 Å². The van der Waals surface area contributed by atoms with Crippen LogP contribution in [0.2, 0.25) is 0 Å². The lowest BCUT2D eigenvalue weighted by Crippen LogP contribution is -2.35. The monoisotopic (exact) mass is 330 g/mol. The van der Waals surface area contributed by atoms with E-state index < -0.39 is 5.97 Å². The first-order valence-corrected chi connectivity index (χ1v) is 8.31. The smallest absolute Gasteiger partial charge is 0.329 e. The lowest BCUT2D eigenvalue weighted by molar-refractivity contribution is -0.142. The highest BCUT2D eigenvalue weighted by molar-refractivity contribution is 5.85. The number of rotatable bonds is 7. The number of ether oxygens (including phenoxy) is 1. The molecule has 0 fully saturated rings. The van der Waals surface area contributed by atoms with Crippen LogP contribution in [0.3, 0.4) is 0 Å². The minimum atomic E-state index is -0.964. The molecule has 0 saturated carbocycles. The molecule has 0 radical (unpaired) electrons. The van der Waals surface area contributed by atoms with Gasteiger partial charge in [0.25, 0.3) is 0 Å². The number of aromatic nitrogens is 1. The third-order valence-electron chi connectivity index (χ3n) is 4.39. The number of carboxylic acid groups (broad SMARTS) is 1. The second-order valence-corrected chi connectivity index (χ2v) is 6.10. The van der Waals surface area contributed by atoms with Crippen LogP contribution in [0.1, 0.15) is 30.5 Å². The highest BCUT2D eigenvalue weighted by atomic mass is 16.5. The molecule has 0 saturated heterocycles. The number of aliphatic carboxylic acids is 1. The molecule has 2 N–H and O–H groups in total. The largest absolute Gasteiger partial charge is 0.480 e. The zero-order valence-electron chi connectivity index (χ0n) is 13.6. The predicted octanol–water partition coefficient (Wildman–Crippen LogP) is 2.32. The Morgan fingerprint density at radius 3 is 2.92 bits per heavy atom. The van der Waals surface area contributed by atoms with E-state index in [0.29, 0.717) is 32.4 Å². The summed E-state index contributed by atoms with van der Waals surface area (Å²) in [6.45, 7) is 1.50. The number of carbonyl (C=O) groups excluding carboxylic acids is 1. The number of nitrogens with one attached hydrogen (secondary N) is 1. The molecule has 128 valence electrons. The molecule has 6 heteroatoms. The Labute approximate surface area is 140 Å². The van der Waals surface area contributed by atoms with Gasteiger partial charge in [-0.2, -0.15) is 0 Å². The van der Waals surface area contributed by atoms with E-state index in [0.717, 1.165) is 24.2 Å². The van der Waals surface area contributed by atoms with Crippen LogP contribution in [0.4, 0.5) is 0 Å². The van der Waals surface area contributed by atoms with Gasteiger partial charge in [0.15, 0.2) is 0 Å². The maximum absolute atomic E-state index is 12.3. The number of H-pyrrole nitrogens is 1. The SMILES string of the molecule is O=C(O)COCCCCC(=O)N1CCc2c([nH]c3ccccc23)C1.